The number of Topliss-reactive ketones (excluding diaryl/α,β-unsaturated/α-hetero) is 1. The van der Waals surface area contributed by atoms with Crippen LogP contribution < -0.4 is 0 Å². The molecule has 5 nitrogen and oxygen atoms in total. The molecule has 0 saturated carbocycles. The first-order chi connectivity index (χ1) is 10.5. The number of carbonyl (C=O) groups excluding carboxylic acids is 3. The van der Waals surface area contributed by atoms with Crippen LogP contribution in [0.25, 0.3) is 0 Å². The van der Waals surface area contributed by atoms with E-state index in [0.717, 1.165) is 10.5 Å². The average molecular weight is 368 g/mol. The SMILES string of the molecule is CC(CCBr)C(=O)C(=O)N1C(=O)OCC1Cc1ccccc1. The van der Waals surface area contributed by atoms with Gasteiger partial charge in [-0.15, -0.1) is 0 Å². The molecular weight excluding hydrogens is 350 g/mol. The number of benzene rings is 1. The smallest absolute Gasteiger partial charge is 0.417 e. The highest BCUT2D eigenvalue weighted by atomic mass is 79.9. The lowest BCUT2D eigenvalue weighted by molar-refractivity contribution is -0.145. The Hall–Kier alpha value is -1.69. The van der Waals surface area contributed by atoms with Crippen LogP contribution in [0.4, 0.5) is 4.79 Å². The van der Waals surface area contributed by atoms with E-state index in [-0.39, 0.29) is 6.61 Å². The molecule has 1 aromatic rings. The molecule has 1 aliphatic rings. The lowest BCUT2D eigenvalue weighted by Gasteiger charge is -2.20. The van der Waals surface area contributed by atoms with Crippen LogP contribution in [0.15, 0.2) is 30.3 Å². The number of carbonyl (C=O) groups is 3. The number of amides is 2. The summed E-state index contributed by atoms with van der Waals surface area (Å²) < 4.78 is 4.97. The molecule has 2 rings (SSSR count). The van der Waals surface area contributed by atoms with E-state index in [0.29, 0.717) is 18.2 Å². The van der Waals surface area contributed by atoms with Gasteiger partial charge in [-0.05, 0) is 18.4 Å². The summed E-state index contributed by atoms with van der Waals surface area (Å²) in [6.45, 7) is 1.81. The van der Waals surface area contributed by atoms with Crippen molar-refractivity contribution in [2.24, 2.45) is 5.92 Å². The predicted octanol–water partition coefficient (Wildman–Crippen LogP) is 2.57. The van der Waals surface area contributed by atoms with Gasteiger partial charge in [-0.2, -0.15) is 0 Å². The van der Waals surface area contributed by atoms with Crippen LogP contribution in [0.3, 0.4) is 0 Å². The minimum absolute atomic E-state index is 0.125. The molecule has 2 unspecified atom stereocenters. The van der Waals surface area contributed by atoms with Crippen molar-refractivity contribution >= 4 is 33.7 Å². The Morgan fingerprint density at radius 3 is 2.68 bits per heavy atom. The Bertz CT molecular complexity index is 561. The Kier molecular flexibility index (Phi) is 5.71. The molecule has 0 N–H and O–H groups in total. The first-order valence-electron chi connectivity index (χ1n) is 7.18. The topological polar surface area (TPSA) is 63.7 Å². The molecule has 0 spiro atoms. The van der Waals surface area contributed by atoms with E-state index >= 15 is 0 Å². The van der Waals surface area contributed by atoms with Crippen molar-refractivity contribution in [1.82, 2.24) is 4.90 Å². The summed E-state index contributed by atoms with van der Waals surface area (Å²) in [6.07, 6.45) is 0.306. The van der Waals surface area contributed by atoms with Crippen LogP contribution in [0, 0.1) is 5.92 Å². The fourth-order valence-corrected chi connectivity index (χ4v) is 3.06. The first-order valence-corrected chi connectivity index (χ1v) is 8.30. The quantitative estimate of drug-likeness (QED) is 0.572. The number of hydrogen-bond donors (Lipinski definition) is 0. The minimum atomic E-state index is -0.767. The summed E-state index contributed by atoms with van der Waals surface area (Å²) in [6, 6.07) is 9.09. The number of ketones is 1. The number of ether oxygens (including phenoxy) is 1. The Morgan fingerprint density at radius 1 is 1.36 bits per heavy atom. The van der Waals surface area contributed by atoms with Gasteiger partial charge in [0.2, 0.25) is 5.78 Å². The zero-order valence-corrected chi connectivity index (χ0v) is 13.9. The maximum atomic E-state index is 12.3. The molecule has 2 atom stereocenters. The molecule has 1 aliphatic heterocycles. The third kappa shape index (κ3) is 3.74. The van der Waals surface area contributed by atoms with Crippen LogP contribution in [0.2, 0.25) is 0 Å². The van der Waals surface area contributed by atoms with Crippen molar-refractivity contribution in [3.63, 3.8) is 0 Å². The molecular formula is C16H18BrNO4. The lowest BCUT2D eigenvalue weighted by atomic mass is 10.0. The van der Waals surface area contributed by atoms with Gasteiger partial charge in [-0.25, -0.2) is 9.69 Å². The van der Waals surface area contributed by atoms with E-state index < -0.39 is 29.7 Å². The number of alkyl halides is 1. The van der Waals surface area contributed by atoms with Crippen LogP contribution >= 0.6 is 15.9 Å². The molecule has 1 saturated heterocycles. The second kappa shape index (κ2) is 7.54. The number of imide groups is 1. The number of rotatable bonds is 6. The predicted molar refractivity (Wildman–Crippen MR) is 84.7 cm³/mol. The molecule has 0 aliphatic carbocycles. The summed E-state index contributed by atoms with van der Waals surface area (Å²) >= 11 is 3.25. The first kappa shape index (κ1) is 16.7. The number of nitrogens with zero attached hydrogens (tertiary/aromatic N) is 1. The molecule has 0 bridgehead atoms. The van der Waals surface area contributed by atoms with E-state index in [1.165, 1.54) is 0 Å². The van der Waals surface area contributed by atoms with Crippen molar-refractivity contribution in [2.45, 2.75) is 25.8 Å². The van der Waals surface area contributed by atoms with Gasteiger partial charge in [0.15, 0.2) is 0 Å². The van der Waals surface area contributed by atoms with Gasteiger partial charge >= 0.3 is 6.09 Å². The Balaban J connectivity index is 2.10. The van der Waals surface area contributed by atoms with E-state index in [9.17, 15) is 14.4 Å². The van der Waals surface area contributed by atoms with Gasteiger partial charge in [0, 0.05) is 11.2 Å². The second-order valence-corrected chi connectivity index (χ2v) is 6.13. The third-order valence-electron chi connectivity index (χ3n) is 3.69. The van der Waals surface area contributed by atoms with Crippen LogP contribution in [-0.4, -0.2) is 40.7 Å². The number of halogens is 1. The highest BCUT2D eigenvalue weighted by Crippen LogP contribution is 2.19. The molecule has 1 heterocycles. The third-order valence-corrected chi connectivity index (χ3v) is 4.15. The van der Waals surface area contributed by atoms with E-state index in [1.54, 1.807) is 6.92 Å². The summed E-state index contributed by atoms with van der Waals surface area (Å²) in [5, 5.41) is 0.630. The fourth-order valence-electron chi connectivity index (χ4n) is 2.37. The van der Waals surface area contributed by atoms with Gasteiger partial charge in [0.25, 0.3) is 5.91 Å². The van der Waals surface area contributed by atoms with Crippen LogP contribution in [0.5, 0.6) is 0 Å². The molecule has 1 aromatic carbocycles. The normalized spacial score (nSPS) is 18.9. The van der Waals surface area contributed by atoms with Gasteiger partial charge in [-0.1, -0.05) is 53.2 Å². The molecule has 6 heteroatoms. The average Bonchev–Trinajstić information content (AvgIpc) is 2.87. The van der Waals surface area contributed by atoms with Crippen molar-refractivity contribution in [3.8, 4) is 0 Å². The molecule has 0 aromatic heterocycles. The maximum Gasteiger partial charge on any atom is 0.417 e. The Morgan fingerprint density at radius 2 is 2.05 bits per heavy atom. The highest BCUT2D eigenvalue weighted by molar-refractivity contribution is 9.09. The molecule has 1 fully saturated rings. The molecule has 22 heavy (non-hydrogen) atoms. The van der Waals surface area contributed by atoms with Crippen molar-refractivity contribution in [2.75, 3.05) is 11.9 Å². The van der Waals surface area contributed by atoms with Gasteiger partial charge in [0.05, 0.1) is 6.04 Å². The maximum absolute atomic E-state index is 12.3. The van der Waals surface area contributed by atoms with Crippen molar-refractivity contribution < 1.29 is 19.1 Å². The Labute approximate surface area is 137 Å². The molecule has 2 amide bonds. The fraction of sp³-hybridized carbons (Fsp3) is 0.438. The van der Waals surface area contributed by atoms with Gasteiger partial charge in [0.1, 0.15) is 6.61 Å². The van der Waals surface area contributed by atoms with Crippen molar-refractivity contribution in [1.29, 1.82) is 0 Å². The molecule has 118 valence electrons. The van der Waals surface area contributed by atoms with Gasteiger partial charge in [-0.3, -0.25) is 9.59 Å². The van der Waals surface area contributed by atoms with Crippen LogP contribution in [0.1, 0.15) is 18.9 Å². The summed E-state index contributed by atoms with van der Waals surface area (Å²) in [5.74, 6) is -1.73. The zero-order chi connectivity index (χ0) is 16.1. The van der Waals surface area contributed by atoms with Gasteiger partial charge < -0.3 is 4.74 Å². The summed E-state index contributed by atoms with van der Waals surface area (Å²) in [7, 11) is 0. The highest BCUT2D eigenvalue weighted by Gasteiger charge is 2.41. The minimum Gasteiger partial charge on any atom is -0.447 e. The zero-order valence-electron chi connectivity index (χ0n) is 12.3. The number of hydrogen-bond acceptors (Lipinski definition) is 4. The van der Waals surface area contributed by atoms with E-state index in [1.807, 2.05) is 30.3 Å². The standard InChI is InChI=1S/C16H18BrNO4/c1-11(7-8-17)14(19)15(20)18-13(10-22-16(18)21)9-12-5-3-2-4-6-12/h2-6,11,13H,7-10H2,1H3. The summed E-state index contributed by atoms with van der Waals surface area (Å²) in [4.78, 5) is 37.3. The number of cyclic esters (lactones) is 1. The van der Waals surface area contributed by atoms with Crippen LogP contribution in [-0.2, 0) is 20.7 Å². The second-order valence-electron chi connectivity index (χ2n) is 5.34. The monoisotopic (exact) mass is 367 g/mol. The summed E-state index contributed by atoms with van der Waals surface area (Å²) in [5.41, 5.74) is 0.990. The largest absolute Gasteiger partial charge is 0.447 e. The van der Waals surface area contributed by atoms with Crippen molar-refractivity contribution in [3.05, 3.63) is 35.9 Å². The lowest BCUT2D eigenvalue weighted by Crippen LogP contribution is -2.45. The molecule has 0 radical (unpaired) electrons. The van der Waals surface area contributed by atoms with E-state index in [4.69, 9.17) is 4.74 Å². The van der Waals surface area contributed by atoms with E-state index in [2.05, 4.69) is 15.9 Å².